The van der Waals surface area contributed by atoms with E-state index in [4.69, 9.17) is 14.6 Å². The van der Waals surface area contributed by atoms with Crippen LogP contribution in [0.5, 0.6) is 0 Å². The average Bonchev–Trinajstić information content (AvgIpc) is 2.90. The molecule has 1 saturated heterocycles. The van der Waals surface area contributed by atoms with Crippen LogP contribution in [0.1, 0.15) is 43.9 Å². The minimum absolute atomic E-state index is 0.0448. The quantitative estimate of drug-likeness (QED) is 0.568. The van der Waals surface area contributed by atoms with Crippen LogP contribution in [0.15, 0.2) is 60.2 Å². The van der Waals surface area contributed by atoms with E-state index in [0.29, 0.717) is 11.1 Å². The molecule has 0 spiro atoms. The first-order valence-corrected chi connectivity index (χ1v) is 10.5. The lowest BCUT2D eigenvalue weighted by atomic mass is 9.91. The number of ether oxygens (including phenoxy) is 2. The number of cyclic esters (lactones) is 1. The van der Waals surface area contributed by atoms with Crippen LogP contribution in [0.25, 0.3) is 0 Å². The molecule has 1 aromatic rings. The molecule has 0 bridgehead atoms. The number of hydrogen-bond donors (Lipinski definition) is 1. The van der Waals surface area contributed by atoms with Crippen molar-refractivity contribution in [2.45, 2.75) is 45.3 Å². The van der Waals surface area contributed by atoms with E-state index in [-0.39, 0.29) is 36.1 Å². The molecule has 0 amide bonds. The zero-order chi connectivity index (χ0) is 23.4. The maximum Gasteiger partial charge on any atom is 0.349 e. The molecule has 2 aliphatic heterocycles. The highest BCUT2D eigenvalue weighted by Crippen LogP contribution is 2.38. The number of fused-ring (bicyclic) bond motifs is 2. The van der Waals surface area contributed by atoms with Crippen molar-refractivity contribution in [3.63, 3.8) is 0 Å². The molecule has 1 aliphatic carbocycles. The Labute approximate surface area is 186 Å². The van der Waals surface area contributed by atoms with Gasteiger partial charge in [-0.1, -0.05) is 49.9 Å². The lowest BCUT2D eigenvalue weighted by Crippen LogP contribution is -2.26. The molecule has 1 N–H and O–H groups in total. The first-order chi connectivity index (χ1) is 15.2. The third-order valence-electron chi connectivity index (χ3n) is 5.84. The molecule has 32 heavy (non-hydrogen) atoms. The minimum atomic E-state index is -1.15. The van der Waals surface area contributed by atoms with Gasteiger partial charge in [0.1, 0.15) is 6.10 Å². The Kier molecular flexibility index (Phi) is 7.08. The number of carbonyl (C=O) groups is 4. The molecule has 7 heteroatoms. The molecule has 0 radical (unpaired) electrons. The summed E-state index contributed by atoms with van der Waals surface area (Å²) in [6.45, 7) is 7.44. The number of hydrogen-bond acceptors (Lipinski definition) is 6. The number of ketones is 1. The molecular weight excluding hydrogens is 412 g/mol. The van der Waals surface area contributed by atoms with E-state index in [1.165, 1.54) is 6.92 Å². The fourth-order valence-electron chi connectivity index (χ4n) is 4.10. The number of carboxylic acids is 1. The van der Waals surface area contributed by atoms with Gasteiger partial charge in [0.25, 0.3) is 0 Å². The van der Waals surface area contributed by atoms with Crippen LogP contribution in [-0.2, 0) is 35.1 Å². The zero-order valence-electron chi connectivity index (χ0n) is 18.1. The molecular formula is C25H26O7. The van der Waals surface area contributed by atoms with Crippen molar-refractivity contribution in [2.24, 2.45) is 11.8 Å². The summed E-state index contributed by atoms with van der Waals surface area (Å²) in [4.78, 5) is 44.3. The van der Waals surface area contributed by atoms with Crippen molar-refractivity contribution in [3.8, 4) is 0 Å². The van der Waals surface area contributed by atoms with E-state index in [9.17, 15) is 19.2 Å². The Hall–Kier alpha value is -3.48. The first-order valence-electron chi connectivity index (χ1n) is 10.5. The van der Waals surface area contributed by atoms with E-state index in [1.807, 2.05) is 6.08 Å². The van der Waals surface area contributed by atoms with Gasteiger partial charge in [-0.05, 0) is 42.9 Å². The smallest absolute Gasteiger partial charge is 0.349 e. The normalized spacial score (nSPS) is 26.6. The Balaban J connectivity index is 0.000000186. The summed E-state index contributed by atoms with van der Waals surface area (Å²) in [6.07, 6.45) is 6.07. The highest BCUT2D eigenvalue weighted by atomic mass is 16.6. The monoisotopic (exact) mass is 438 g/mol. The minimum Gasteiger partial charge on any atom is -0.478 e. The van der Waals surface area contributed by atoms with Crippen LogP contribution >= 0.6 is 0 Å². The Bertz CT molecular complexity index is 1020. The van der Waals surface area contributed by atoms with Crippen molar-refractivity contribution in [1.82, 2.24) is 0 Å². The molecule has 2 heterocycles. The number of carboxylic acid groups (broad SMARTS) is 1. The van der Waals surface area contributed by atoms with Crippen molar-refractivity contribution in [1.29, 1.82) is 0 Å². The predicted octanol–water partition coefficient (Wildman–Crippen LogP) is 3.50. The summed E-state index contributed by atoms with van der Waals surface area (Å²) in [5.74, 6) is -1.45. The number of rotatable bonds is 3. The molecule has 3 aliphatic rings. The van der Waals surface area contributed by atoms with Gasteiger partial charge in [-0.2, -0.15) is 0 Å². The number of aliphatic carboxylic acids is 1. The van der Waals surface area contributed by atoms with E-state index in [2.05, 4.69) is 19.6 Å². The molecule has 1 aromatic carbocycles. The summed E-state index contributed by atoms with van der Waals surface area (Å²) < 4.78 is 10.1. The molecule has 0 saturated carbocycles. The van der Waals surface area contributed by atoms with Gasteiger partial charge in [0.2, 0.25) is 6.10 Å². The standard InChI is InChI=1S/C15H18O3.C10H8O4/c1-9-8-14-13(11(3)15(17)18-14)7-6-12(9)5-4-10(2)16;11-8-5-6-3-1-2-4-7(6)9(14-8)10(12)13/h4-6,9,13-14H,3,7-8H2,1-2H3;1-4,9H,5H2,(H,12,13)/b5-4+;. The van der Waals surface area contributed by atoms with Gasteiger partial charge in [-0.15, -0.1) is 0 Å². The van der Waals surface area contributed by atoms with Gasteiger partial charge in [-0.25, -0.2) is 9.59 Å². The molecule has 4 rings (SSSR count). The summed E-state index contributed by atoms with van der Waals surface area (Å²) in [5, 5.41) is 8.83. The van der Waals surface area contributed by atoms with Crippen molar-refractivity contribution in [3.05, 3.63) is 71.3 Å². The van der Waals surface area contributed by atoms with Crippen LogP contribution < -0.4 is 0 Å². The second-order valence-electron chi connectivity index (χ2n) is 8.18. The van der Waals surface area contributed by atoms with Crippen LogP contribution in [0.4, 0.5) is 0 Å². The predicted molar refractivity (Wildman–Crippen MR) is 115 cm³/mol. The van der Waals surface area contributed by atoms with E-state index in [1.54, 1.807) is 30.3 Å². The second kappa shape index (κ2) is 9.77. The van der Waals surface area contributed by atoms with Crippen LogP contribution in [-0.4, -0.2) is 34.9 Å². The highest BCUT2D eigenvalue weighted by Gasteiger charge is 2.40. The first kappa shape index (κ1) is 23.2. The summed E-state index contributed by atoms with van der Waals surface area (Å²) in [5.41, 5.74) is 3.03. The third-order valence-corrected chi connectivity index (χ3v) is 5.84. The van der Waals surface area contributed by atoms with Gasteiger partial charge < -0.3 is 14.6 Å². The topological polar surface area (TPSA) is 107 Å². The summed E-state index contributed by atoms with van der Waals surface area (Å²) >= 11 is 0. The number of carbonyl (C=O) groups excluding carboxylic acids is 3. The van der Waals surface area contributed by atoms with Crippen molar-refractivity contribution in [2.75, 3.05) is 0 Å². The van der Waals surface area contributed by atoms with E-state index in [0.717, 1.165) is 24.0 Å². The molecule has 0 aromatic heterocycles. The van der Waals surface area contributed by atoms with Crippen molar-refractivity contribution < 1.29 is 33.8 Å². The summed E-state index contributed by atoms with van der Waals surface area (Å²) in [6, 6.07) is 6.91. The van der Waals surface area contributed by atoms with Crippen molar-refractivity contribution >= 4 is 23.7 Å². The molecule has 7 nitrogen and oxygen atoms in total. The number of esters is 2. The Morgan fingerprint density at radius 3 is 2.59 bits per heavy atom. The Morgan fingerprint density at radius 1 is 1.19 bits per heavy atom. The van der Waals surface area contributed by atoms with Gasteiger partial charge in [0.15, 0.2) is 5.78 Å². The van der Waals surface area contributed by atoms with Crippen LogP contribution in [0.3, 0.4) is 0 Å². The number of allylic oxidation sites excluding steroid dienone is 4. The highest BCUT2D eigenvalue weighted by molar-refractivity contribution is 5.91. The van der Waals surface area contributed by atoms with Gasteiger partial charge >= 0.3 is 17.9 Å². The molecule has 1 fully saturated rings. The molecule has 168 valence electrons. The van der Waals surface area contributed by atoms with Crippen LogP contribution in [0.2, 0.25) is 0 Å². The zero-order valence-corrected chi connectivity index (χ0v) is 18.1. The van der Waals surface area contributed by atoms with E-state index >= 15 is 0 Å². The van der Waals surface area contributed by atoms with Gasteiger partial charge in [0.05, 0.1) is 6.42 Å². The van der Waals surface area contributed by atoms with Gasteiger partial charge in [0, 0.05) is 17.1 Å². The number of benzene rings is 1. The maximum atomic E-state index is 11.5. The third kappa shape index (κ3) is 5.22. The fraction of sp³-hybridized carbons (Fsp3) is 0.360. The SMILES string of the molecule is C=C1C(=O)OC2CC(C)C(/C=C/C(C)=O)=CCC12.O=C1Cc2ccccc2C(C(=O)O)O1. The van der Waals surface area contributed by atoms with E-state index < -0.39 is 18.0 Å². The lowest BCUT2D eigenvalue weighted by Gasteiger charge is -2.21. The molecule has 4 atom stereocenters. The summed E-state index contributed by atoms with van der Waals surface area (Å²) in [7, 11) is 0. The lowest BCUT2D eigenvalue weighted by molar-refractivity contribution is -0.165. The Morgan fingerprint density at radius 2 is 1.91 bits per heavy atom. The second-order valence-corrected chi connectivity index (χ2v) is 8.18. The molecule has 4 unspecified atom stereocenters. The van der Waals surface area contributed by atoms with Crippen LogP contribution in [0, 0.1) is 11.8 Å². The maximum absolute atomic E-state index is 11.5. The average molecular weight is 438 g/mol. The largest absolute Gasteiger partial charge is 0.478 e. The van der Waals surface area contributed by atoms with Gasteiger partial charge in [-0.3, -0.25) is 9.59 Å². The fourth-order valence-corrected chi connectivity index (χ4v) is 4.10.